The van der Waals surface area contributed by atoms with Crippen LogP contribution in [0.2, 0.25) is 0 Å². The van der Waals surface area contributed by atoms with Crippen LogP contribution in [0, 0.1) is 0 Å². The van der Waals surface area contributed by atoms with Gasteiger partial charge in [0, 0.05) is 18.0 Å². The molecule has 0 radical (unpaired) electrons. The molecule has 1 heterocycles. The van der Waals surface area contributed by atoms with Crippen LogP contribution in [0.15, 0.2) is 54.6 Å². The minimum atomic E-state index is -0.955. The summed E-state index contributed by atoms with van der Waals surface area (Å²) in [4.78, 5) is 12.0. The van der Waals surface area contributed by atoms with Crippen molar-refractivity contribution in [3.63, 3.8) is 0 Å². The lowest BCUT2D eigenvalue weighted by molar-refractivity contribution is -0.137. The monoisotopic (exact) mass is 367 g/mol. The van der Waals surface area contributed by atoms with Crippen LogP contribution in [0.25, 0.3) is 11.4 Å². The highest BCUT2D eigenvalue weighted by Crippen LogP contribution is 2.20. The number of aromatic nitrogens is 4. The molecule has 1 atom stereocenters. The highest BCUT2D eigenvalue weighted by Gasteiger charge is 2.12. The summed E-state index contributed by atoms with van der Waals surface area (Å²) in [6.45, 7) is 0.754. The molecule has 2 aromatic carbocycles. The Morgan fingerprint density at radius 1 is 1.19 bits per heavy atom. The molecular formula is C19H21N5O3. The molecule has 8 nitrogen and oxygen atoms in total. The Kier molecular flexibility index (Phi) is 6.11. The lowest BCUT2D eigenvalue weighted by Gasteiger charge is -2.07. The number of nitrogens with zero attached hydrogens (tertiary/aromatic N) is 4. The number of carboxylic acid groups (broad SMARTS) is 1. The van der Waals surface area contributed by atoms with E-state index >= 15 is 0 Å². The quantitative estimate of drug-likeness (QED) is 0.592. The van der Waals surface area contributed by atoms with Crippen LogP contribution in [0.3, 0.4) is 0 Å². The van der Waals surface area contributed by atoms with Crippen molar-refractivity contribution in [2.75, 3.05) is 6.61 Å². The predicted molar refractivity (Wildman–Crippen MR) is 99.1 cm³/mol. The molecule has 0 aliphatic carbocycles. The lowest BCUT2D eigenvalue weighted by Crippen LogP contribution is -2.30. The van der Waals surface area contributed by atoms with Gasteiger partial charge in [0.15, 0.2) is 0 Å². The zero-order chi connectivity index (χ0) is 19.1. The van der Waals surface area contributed by atoms with Gasteiger partial charge in [-0.1, -0.05) is 42.5 Å². The molecule has 1 aromatic heterocycles. The molecular weight excluding hydrogens is 346 g/mol. The molecule has 3 rings (SSSR count). The van der Waals surface area contributed by atoms with Gasteiger partial charge in [-0.3, -0.25) is 4.79 Å². The van der Waals surface area contributed by atoms with Crippen molar-refractivity contribution in [1.82, 2.24) is 20.2 Å². The molecule has 140 valence electrons. The molecule has 0 amide bonds. The third-order valence-corrected chi connectivity index (χ3v) is 3.88. The van der Waals surface area contributed by atoms with E-state index < -0.39 is 12.0 Å². The fourth-order valence-electron chi connectivity index (χ4n) is 2.59. The van der Waals surface area contributed by atoms with Gasteiger partial charge in [0.2, 0.25) is 5.82 Å². The fraction of sp³-hybridized carbons (Fsp3) is 0.263. The number of hydrogen-bond donors (Lipinski definition) is 2. The molecule has 8 heteroatoms. The second kappa shape index (κ2) is 8.91. The first-order chi connectivity index (χ1) is 13.1. The summed E-state index contributed by atoms with van der Waals surface area (Å²) in [5.74, 6) is 0.205. The van der Waals surface area contributed by atoms with E-state index in [1.54, 1.807) is 0 Å². The first kappa shape index (κ1) is 18.5. The lowest BCUT2D eigenvalue weighted by atomic mass is 10.2. The molecule has 0 fully saturated rings. The summed E-state index contributed by atoms with van der Waals surface area (Å²) < 4.78 is 5.82. The minimum absolute atomic E-state index is 0.151. The van der Waals surface area contributed by atoms with E-state index in [0.717, 1.165) is 17.7 Å². The van der Waals surface area contributed by atoms with Crippen molar-refractivity contribution in [1.29, 1.82) is 0 Å². The van der Waals surface area contributed by atoms with Gasteiger partial charge in [-0.2, -0.15) is 4.80 Å². The summed E-state index contributed by atoms with van der Waals surface area (Å²) in [7, 11) is 0. The molecule has 1 unspecified atom stereocenters. The van der Waals surface area contributed by atoms with Gasteiger partial charge < -0.3 is 15.6 Å². The summed E-state index contributed by atoms with van der Waals surface area (Å²) >= 11 is 0. The van der Waals surface area contributed by atoms with Crippen molar-refractivity contribution in [3.8, 4) is 17.1 Å². The number of tetrazole rings is 1. The summed E-state index contributed by atoms with van der Waals surface area (Å²) in [5, 5.41) is 21.0. The highest BCUT2D eigenvalue weighted by atomic mass is 16.5. The van der Waals surface area contributed by atoms with Crippen LogP contribution < -0.4 is 10.5 Å². The number of carboxylic acids is 1. The third-order valence-electron chi connectivity index (χ3n) is 3.88. The van der Waals surface area contributed by atoms with Crippen molar-refractivity contribution in [2.24, 2.45) is 5.73 Å². The van der Waals surface area contributed by atoms with Crippen molar-refractivity contribution >= 4 is 5.97 Å². The fourth-order valence-corrected chi connectivity index (χ4v) is 2.59. The normalized spacial score (nSPS) is 11.9. The van der Waals surface area contributed by atoms with E-state index in [1.807, 2.05) is 42.5 Å². The standard InChI is InChI=1S/C19H21N5O3/c20-16(12-18(25)26)13-24-22-19(21-23-24)15-7-4-8-17(11-15)27-10-9-14-5-2-1-3-6-14/h1-8,11,16H,9-10,12-13,20H2,(H,25,26). The molecule has 0 spiro atoms. The summed E-state index contributed by atoms with van der Waals surface area (Å²) in [6.07, 6.45) is 0.669. The topological polar surface area (TPSA) is 116 Å². The summed E-state index contributed by atoms with van der Waals surface area (Å²) in [6, 6.07) is 17.0. The molecule has 0 aliphatic rings. The Balaban J connectivity index is 1.59. The number of rotatable bonds is 9. The van der Waals surface area contributed by atoms with Crippen LogP contribution in [0.4, 0.5) is 0 Å². The molecule has 3 N–H and O–H groups in total. The van der Waals surface area contributed by atoms with E-state index in [2.05, 4.69) is 27.5 Å². The van der Waals surface area contributed by atoms with Gasteiger partial charge in [0.05, 0.1) is 19.6 Å². The maximum absolute atomic E-state index is 10.7. The minimum Gasteiger partial charge on any atom is -0.493 e. The van der Waals surface area contributed by atoms with Crippen LogP contribution >= 0.6 is 0 Å². The van der Waals surface area contributed by atoms with Gasteiger partial charge in [-0.25, -0.2) is 0 Å². The third kappa shape index (κ3) is 5.61. The Morgan fingerprint density at radius 3 is 2.78 bits per heavy atom. The van der Waals surface area contributed by atoms with Crippen LogP contribution in [-0.4, -0.2) is 43.9 Å². The Hall–Kier alpha value is -3.26. The molecule has 0 aliphatic heterocycles. The van der Waals surface area contributed by atoms with Crippen LogP contribution in [-0.2, 0) is 17.8 Å². The van der Waals surface area contributed by atoms with Gasteiger partial charge >= 0.3 is 5.97 Å². The number of benzene rings is 2. The second-order valence-corrected chi connectivity index (χ2v) is 6.14. The average Bonchev–Trinajstić information content (AvgIpc) is 3.10. The molecule has 27 heavy (non-hydrogen) atoms. The van der Waals surface area contributed by atoms with E-state index in [-0.39, 0.29) is 13.0 Å². The van der Waals surface area contributed by atoms with Gasteiger partial charge in [-0.05, 0) is 22.9 Å². The number of nitrogens with two attached hydrogens (primary N) is 1. The molecule has 3 aromatic rings. The average molecular weight is 367 g/mol. The molecule has 0 saturated carbocycles. The van der Waals surface area contributed by atoms with E-state index in [4.69, 9.17) is 15.6 Å². The van der Waals surface area contributed by atoms with Crippen LogP contribution in [0.5, 0.6) is 5.75 Å². The first-order valence-electron chi connectivity index (χ1n) is 8.62. The van der Waals surface area contributed by atoms with Gasteiger partial charge in [0.25, 0.3) is 0 Å². The Bertz CT molecular complexity index is 882. The maximum Gasteiger partial charge on any atom is 0.304 e. The van der Waals surface area contributed by atoms with E-state index in [9.17, 15) is 4.79 Å². The smallest absolute Gasteiger partial charge is 0.304 e. The zero-order valence-corrected chi connectivity index (χ0v) is 14.7. The number of ether oxygens (including phenoxy) is 1. The second-order valence-electron chi connectivity index (χ2n) is 6.14. The number of carbonyl (C=O) groups is 1. The van der Waals surface area contributed by atoms with E-state index in [1.165, 1.54) is 10.4 Å². The zero-order valence-electron chi connectivity index (χ0n) is 14.7. The number of aliphatic carboxylic acids is 1. The van der Waals surface area contributed by atoms with Crippen molar-refractivity contribution in [2.45, 2.75) is 25.4 Å². The molecule has 0 bridgehead atoms. The van der Waals surface area contributed by atoms with Crippen molar-refractivity contribution in [3.05, 3.63) is 60.2 Å². The van der Waals surface area contributed by atoms with Crippen molar-refractivity contribution < 1.29 is 14.6 Å². The summed E-state index contributed by atoms with van der Waals surface area (Å²) in [5.41, 5.74) is 7.74. The van der Waals surface area contributed by atoms with E-state index in [0.29, 0.717) is 12.4 Å². The Morgan fingerprint density at radius 2 is 2.00 bits per heavy atom. The molecule has 0 saturated heterocycles. The largest absolute Gasteiger partial charge is 0.493 e. The van der Waals surface area contributed by atoms with Gasteiger partial charge in [-0.15, -0.1) is 10.2 Å². The highest BCUT2D eigenvalue weighted by molar-refractivity contribution is 5.67. The van der Waals surface area contributed by atoms with Crippen LogP contribution in [0.1, 0.15) is 12.0 Å². The maximum atomic E-state index is 10.7. The Labute approximate surface area is 156 Å². The first-order valence-corrected chi connectivity index (χ1v) is 8.62. The SMILES string of the molecule is NC(CC(=O)O)Cn1nnc(-c2cccc(OCCc3ccccc3)c2)n1. The predicted octanol–water partition coefficient (Wildman–Crippen LogP) is 1.76. The van der Waals surface area contributed by atoms with Gasteiger partial charge in [0.1, 0.15) is 5.75 Å². The number of hydrogen-bond acceptors (Lipinski definition) is 6.